The molecular formula is C14H21N3O4. The van der Waals surface area contributed by atoms with Gasteiger partial charge in [-0.1, -0.05) is 0 Å². The van der Waals surface area contributed by atoms with Crippen LogP contribution in [0.3, 0.4) is 0 Å². The van der Waals surface area contributed by atoms with Crippen molar-refractivity contribution in [2.24, 2.45) is 0 Å². The topological polar surface area (TPSA) is 90.1 Å². The van der Waals surface area contributed by atoms with Crippen LogP contribution in [0.2, 0.25) is 0 Å². The molecule has 0 bridgehead atoms. The van der Waals surface area contributed by atoms with Gasteiger partial charge < -0.3 is 20.0 Å². The number of nitro groups is 1. The molecule has 0 radical (unpaired) electrons. The van der Waals surface area contributed by atoms with E-state index >= 15 is 0 Å². The number of aromatic hydroxyl groups is 2. The third-order valence-corrected chi connectivity index (χ3v) is 3.89. The van der Waals surface area contributed by atoms with E-state index < -0.39 is 10.7 Å². The van der Waals surface area contributed by atoms with Gasteiger partial charge in [0.25, 0.3) is 5.69 Å². The molecule has 2 N–H and O–H groups in total. The van der Waals surface area contributed by atoms with Crippen LogP contribution in [0.15, 0.2) is 12.1 Å². The first-order valence-electron chi connectivity index (χ1n) is 7.07. The molecule has 116 valence electrons. The summed E-state index contributed by atoms with van der Waals surface area (Å²) < 4.78 is 0. The standard InChI is InChI=1S/C14H21N3O4/c1-15-5-7-16(8-6-15)4-2-3-11-9-13(18)14(19)10-12(11)17(20)21/h9-10,18-19H,2-8H2,1H3. The van der Waals surface area contributed by atoms with Gasteiger partial charge in [-0.3, -0.25) is 10.1 Å². The van der Waals surface area contributed by atoms with Crippen LogP contribution in [0, 0.1) is 10.1 Å². The van der Waals surface area contributed by atoms with Gasteiger partial charge in [-0.15, -0.1) is 0 Å². The van der Waals surface area contributed by atoms with Crippen molar-refractivity contribution in [2.75, 3.05) is 39.8 Å². The summed E-state index contributed by atoms with van der Waals surface area (Å²) in [6, 6.07) is 2.30. The van der Waals surface area contributed by atoms with Gasteiger partial charge in [0.05, 0.1) is 11.0 Å². The molecule has 1 saturated heterocycles. The average Bonchev–Trinajstić information content (AvgIpc) is 2.44. The van der Waals surface area contributed by atoms with Crippen molar-refractivity contribution < 1.29 is 15.1 Å². The molecule has 0 spiro atoms. The Bertz CT molecular complexity index is 513. The van der Waals surface area contributed by atoms with Crippen molar-refractivity contribution in [1.29, 1.82) is 0 Å². The Morgan fingerprint density at radius 3 is 2.43 bits per heavy atom. The lowest BCUT2D eigenvalue weighted by Crippen LogP contribution is -2.44. The molecule has 0 atom stereocenters. The molecule has 21 heavy (non-hydrogen) atoms. The minimum Gasteiger partial charge on any atom is -0.504 e. The van der Waals surface area contributed by atoms with E-state index in [0.29, 0.717) is 12.0 Å². The fraction of sp³-hybridized carbons (Fsp3) is 0.571. The Labute approximate surface area is 123 Å². The quantitative estimate of drug-likeness (QED) is 0.482. The van der Waals surface area contributed by atoms with E-state index in [2.05, 4.69) is 16.8 Å². The van der Waals surface area contributed by atoms with Crippen molar-refractivity contribution in [3.63, 3.8) is 0 Å². The molecule has 1 aliphatic heterocycles. The fourth-order valence-electron chi connectivity index (χ4n) is 2.54. The number of rotatable bonds is 5. The van der Waals surface area contributed by atoms with Crippen molar-refractivity contribution in [3.8, 4) is 11.5 Å². The zero-order valence-corrected chi connectivity index (χ0v) is 12.2. The van der Waals surface area contributed by atoms with Gasteiger partial charge >= 0.3 is 0 Å². The summed E-state index contributed by atoms with van der Waals surface area (Å²) in [6.45, 7) is 4.99. The zero-order chi connectivity index (χ0) is 15.4. The number of phenolic OH excluding ortho intramolecular Hbond substituents is 2. The molecule has 2 rings (SSSR count). The average molecular weight is 295 g/mol. The molecule has 0 unspecified atom stereocenters. The van der Waals surface area contributed by atoms with Crippen molar-refractivity contribution in [2.45, 2.75) is 12.8 Å². The Morgan fingerprint density at radius 2 is 1.81 bits per heavy atom. The monoisotopic (exact) mass is 295 g/mol. The third-order valence-electron chi connectivity index (χ3n) is 3.89. The van der Waals surface area contributed by atoms with Gasteiger partial charge in [0.2, 0.25) is 0 Å². The van der Waals surface area contributed by atoms with Gasteiger partial charge in [0, 0.05) is 31.7 Å². The van der Waals surface area contributed by atoms with Crippen LogP contribution in [0.1, 0.15) is 12.0 Å². The summed E-state index contributed by atoms with van der Waals surface area (Å²) in [6.07, 6.45) is 1.30. The van der Waals surface area contributed by atoms with E-state index in [4.69, 9.17) is 0 Å². The summed E-state index contributed by atoms with van der Waals surface area (Å²) in [5, 5.41) is 29.8. The van der Waals surface area contributed by atoms with Crippen LogP contribution in [0.4, 0.5) is 5.69 Å². The Kier molecular flexibility index (Phi) is 4.98. The van der Waals surface area contributed by atoms with Crippen molar-refractivity contribution in [3.05, 3.63) is 27.8 Å². The first kappa shape index (κ1) is 15.5. The van der Waals surface area contributed by atoms with Gasteiger partial charge in [-0.2, -0.15) is 0 Å². The molecular weight excluding hydrogens is 274 g/mol. The van der Waals surface area contributed by atoms with Crippen LogP contribution in [0.5, 0.6) is 11.5 Å². The first-order valence-corrected chi connectivity index (χ1v) is 7.07. The van der Waals surface area contributed by atoms with Gasteiger partial charge in [-0.05, 0) is 32.5 Å². The van der Waals surface area contributed by atoms with E-state index in [9.17, 15) is 20.3 Å². The van der Waals surface area contributed by atoms with Gasteiger partial charge in [0.15, 0.2) is 11.5 Å². The molecule has 0 aliphatic carbocycles. The number of piperazine rings is 1. The summed E-state index contributed by atoms with van der Waals surface area (Å²) in [5.74, 6) is -0.764. The highest BCUT2D eigenvalue weighted by Crippen LogP contribution is 2.33. The molecule has 0 amide bonds. The van der Waals surface area contributed by atoms with Crippen LogP contribution < -0.4 is 0 Å². The highest BCUT2D eigenvalue weighted by atomic mass is 16.6. The maximum atomic E-state index is 11.0. The zero-order valence-electron chi connectivity index (χ0n) is 12.2. The number of aryl methyl sites for hydroxylation is 1. The minimum absolute atomic E-state index is 0.135. The number of nitrogens with zero attached hydrogens (tertiary/aromatic N) is 3. The van der Waals surface area contributed by atoms with Crippen LogP contribution in [0.25, 0.3) is 0 Å². The molecule has 1 fully saturated rings. The molecule has 1 aromatic rings. The second-order valence-electron chi connectivity index (χ2n) is 5.48. The van der Waals surface area contributed by atoms with E-state index in [-0.39, 0.29) is 11.4 Å². The third kappa shape index (κ3) is 4.05. The Morgan fingerprint density at radius 1 is 1.19 bits per heavy atom. The largest absolute Gasteiger partial charge is 0.504 e. The number of hydrogen-bond acceptors (Lipinski definition) is 6. The number of hydrogen-bond donors (Lipinski definition) is 2. The number of benzene rings is 1. The van der Waals surface area contributed by atoms with Gasteiger partial charge in [0.1, 0.15) is 0 Å². The van der Waals surface area contributed by atoms with Crippen molar-refractivity contribution in [1.82, 2.24) is 9.80 Å². The molecule has 7 nitrogen and oxygen atoms in total. The summed E-state index contributed by atoms with van der Waals surface area (Å²) in [5.41, 5.74) is 0.327. The smallest absolute Gasteiger partial charge is 0.276 e. The Hall–Kier alpha value is -1.86. The SMILES string of the molecule is CN1CCN(CCCc2cc(O)c(O)cc2[N+](=O)[O-])CC1. The Balaban J connectivity index is 1.93. The van der Waals surface area contributed by atoms with E-state index in [1.165, 1.54) is 6.07 Å². The predicted octanol–water partition coefficient (Wildman–Crippen LogP) is 1.19. The van der Waals surface area contributed by atoms with Gasteiger partial charge in [-0.25, -0.2) is 0 Å². The molecule has 1 heterocycles. The highest BCUT2D eigenvalue weighted by Gasteiger charge is 2.18. The summed E-state index contributed by atoms with van der Waals surface area (Å²) in [4.78, 5) is 15.1. The van der Waals surface area contributed by atoms with E-state index in [0.717, 1.165) is 45.2 Å². The number of nitro benzene ring substituents is 1. The fourth-order valence-corrected chi connectivity index (χ4v) is 2.54. The molecule has 1 aromatic carbocycles. The lowest BCUT2D eigenvalue weighted by molar-refractivity contribution is -0.385. The minimum atomic E-state index is -0.523. The predicted molar refractivity (Wildman–Crippen MR) is 78.7 cm³/mol. The second kappa shape index (κ2) is 6.73. The van der Waals surface area contributed by atoms with E-state index in [1.807, 2.05) is 0 Å². The number of phenols is 2. The highest BCUT2D eigenvalue weighted by molar-refractivity contribution is 5.52. The summed E-state index contributed by atoms with van der Waals surface area (Å²) >= 11 is 0. The molecule has 7 heteroatoms. The lowest BCUT2D eigenvalue weighted by Gasteiger charge is -2.32. The lowest BCUT2D eigenvalue weighted by atomic mass is 10.1. The van der Waals surface area contributed by atoms with E-state index in [1.54, 1.807) is 0 Å². The van der Waals surface area contributed by atoms with Crippen LogP contribution >= 0.6 is 0 Å². The first-order chi connectivity index (χ1) is 9.97. The number of likely N-dealkylation sites (N-methyl/N-ethyl adjacent to an activating group) is 1. The normalized spacial score (nSPS) is 17.0. The maximum absolute atomic E-state index is 11.0. The van der Waals surface area contributed by atoms with Crippen molar-refractivity contribution >= 4 is 5.69 Å². The molecule has 0 aromatic heterocycles. The second-order valence-corrected chi connectivity index (χ2v) is 5.48. The molecule has 0 saturated carbocycles. The van der Waals surface area contributed by atoms with Crippen LogP contribution in [-0.2, 0) is 6.42 Å². The molecule has 1 aliphatic rings. The van der Waals surface area contributed by atoms with Crippen LogP contribution in [-0.4, -0.2) is 64.7 Å². The summed E-state index contributed by atoms with van der Waals surface area (Å²) in [7, 11) is 2.10. The maximum Gasteiger partial charge on any atom is 0.276 e.